The Bertz CT molecular complexity index is 360. The van der Waals surface area contributed by atoms with Gasteiger partial charge in [0.2, 0.25) is 5.91 Å². The molecule has 0 radical (unpaired) electrons. The van der Waals surface area contributed by atoms with Crippen molar-refractivity contribution in [3.8, 4) is 0 Å². The van der Waals surface area contributed by atoms with E-state index in [0.717, 1.165) is 18.4 Å². The van der Waals surface area contributed by atoms with E-state index in [4.69, 9.17) is 5.73 Å². The van der Waals surface area contributed by atoms with E-state index in [2.05, 4.69) is 4.98 Å². The molecule has 0 bridgehead atoms. The van der Waals surface area contributed by atoms with E-state index in [9.17, 15) is 4.79 Å². The van der Waals surface area contributed by atoms with Crippen LogP contribution in [0.3, 0.4) is 0 Å². The standard InChI is InChI=1S/C12H17N3O/c1-9(13)12(16)15(11-2-3-11)8-10-4-6-14-7-5-10/h4-7,9,11H,2-3,8,13H2,1H3/t9-/m1/s1. The van der Waals surface area contributed by atoms with Crippen molar-refractivity contribution in [2.45, 2.75) is 38.4 Å². The highest BCUT2D eigenvalue weighted by atomic mass is 16.2. The fourth-order valence-corrected chi connectivity index (χ4v) is 1.72. The zero-order valence-electron chi connectivity index (χ0n) is 9.47. The van der Waals surface area contributed by atoms with Crippen molar-refractivity contribution in [3.05, 3.63) is 30.1 Å². The van der Waals surface area contributed by atoms with Crippen LogP contribution in [0.4, 0.5) is 0 Å². The van der Waals surface area contributed by atoms with Gasteiger partial charge in [0.1, 0.15) is 0 Å². The van der Waals surface area contributed by atoms with Crippen molar-refractivity contribution in [2.24, 2.45) is 5.73 Å². The van der Waals surface area contributed by atoms with Crippen molar-refractivity contribution in [3.63, 3.8) is 0 Å². The molecule has 86 valence electrons. The Morgan fingerprint density at radius 1 is 1.56 bits per heavy atom. The Morgan fingerprint density at radius 2 is 2.19 bits per heavy atom. The third kappa shape index (κ3) is 2.58. The number of carbonyl (C=O) groups is 1. The normalized spacial score (nSPS) is 16.9. The van der Waals surface area contributed by atoms with E-state index < -0.39 is 6.04 Å². The highest BCUT2D eigenvalue weighted by molar-refractivity contribution is 5.81. The van der Waals surface area contributed by atoms with Gasteiger partial charge in [0.25, 0.3) is 0 Å². The summed E-state index contributed by atoms with van der Waals surface area (Å²) in [6.45, 7) is 2.39. The van der Waals surface area contributed by atoms with E-state index in [1.54, 1.807) is 19.3 Å². The molecule has 4 nitrogen and oxygen atoms in total. The Hall–Kier alpha value is -1.42. The van der Waals surface area contributed by atoms with Crippen LogP contribution in [0, 0.1) is 0 Å². The summed E-state index contributed by atoms with van der Waals surface area (Å²) in [5, 5.41) is 0. The fourth-order valence-electron chi connectivity index (χ4n) is 1.72. The van der Waals surface area contributed by atoms with Crippen LogP contribution in [-0.2, 0) is 11.3 Å². The van der Waals surface area contributed by atoms with Gasteiger partial charge in [0.15, 0.2) is 0 Å². The van der Waals surface area contributed by atoms with E-state index in [1.807, 2.05) is 17.0 Å². The zero-order valence-corrected chi connectivity index (χ0v) is 9.47. The molecule has 1 amide bonds. The molecule has 1 saturated carbocycles. The maximum absolute atomic E-state index is 11.9. The lowest BCUT2D eigenvalue weighted by atomic mass is 10.2. The number of hydrogen-bond donors (Lipinski definition) is 1. The molecule has 1 aliphatic carbocycles. The number of hydrogen-bond acceptors (Lipinski definition) is 3. The maximum Gasteiger partial charge on any atom is 0.239 e. The molecule has 2 N–H and O–H groups in total. The summed E-state index contributed by atoms with van der Waals surface area (Å²) in [6.07, 6.45) is 5.70. The second-order valence-electron chi connectivity index (χ2n) is 4.34. The molecular weight excluding hydrogens is 202 g/mol. The van der Waals surface area contributed by atoms with Gasteiger partial charge in [-0.15, -0.1) is 0 Å². The lowest BCUT2D eigenvalue weighted by Gasteiger charge is -2.24. The molecule has 1 fully saturated rings. The molecular formula is C12H17N3O. The van der Waals surface area contributed by atoms with Crippen LogP contribution in [0.5, 0.6) is 0 Å². The summed E-state index contributed by atoms with van der Waals surface area (Å²) in [5.74, 6) is 0.0410. The van der Waals surface area contributed by atoms with Crippen LogP contribution in [0.1, 0.15) is 25.3 Å². The van der Waals surface area contributed by atoms with Gasteiger partial charge in [-0.1, -0.05) is 0 Å². The van der Waals surface area contributed by atoms with Crippen LogP contribution in [-0.4, -0.2) is 27.9 Å². The zero-order chi connectivity index (χ0) is 11.5. The van der Waals surface area contributed by atoms with Crippen molar-refractivity contribution >= 4 is 5.91 Å². The predicted molar refractivity (Wildman–Crippen MR) is 61.5 cm³/mol. The average molecular weight is 219 g/mol. The first-order valence-corrected chi connectivity index (χ1v) is 5.63. The second-order valence-corrected chi connectivity index (χ2v) is 4.34. The third-order valence-corrected chi connectivity index (χ3v) is 2.76. The van der Waals surface area contributed by atoms with Crippen LogP contribution in [0.2, 0.25) is 0 Å². The summed E-state index contributed by atoms with van der Waals surface area (Å²) < 4.78 is 0. The van der Waals surface area contributed by atoms with Gasteiger partial charge in [-0.25, -0.2) is 0 Å². The molecule has 2 rings (SSSR count). The summed E-state index contributed by atoms with van der Waals surface area (Å²) in [4.78, 5) is 17.8. The number of carbonyl (C=O) groups excluding carboxylic acids is 1. The van der Waals surface area contributed by atoms with Gasteiger partial charge >= 0.3 is 0 Å². The minimum absolute atomic E-state index is 0.0410. The van der Waals surface area contributed by atoms with Crippen molar-refractivity contribution in [2.75, 3.05) is 0 Å². The largest absolute Gasteiger partial charge is 0.334 e. The quantitative estimate of drug-likeness (QED) is 0.819. The number of aromatic nitrogens is 1. The molecule has 0 aliphatic heterocycles. The van der Waals surface area contributed by atoms with Gasteiger partial charge in [-0.05, 0) is 37.5 Å². The molecule has 1 heterocycles. The Balaban J connectivity index is 2.06. The van der Waals surface area contributed by atoms with E-state index in [0.29, 0.717) is 12.6 Å². The number of nitrogens with two attached hydrogens (primary N) is 1. The van der Waals surface area contributed by atoms with E-state index >= 15 is 0 Å². The Labute approximate surface area is 95.5 Å². The number of amides is 1. The molecule has 0 saturated heterocycles. The molecule has 4 heteroatoms. The van der Waals surface area contributed by atoms with Gasteiger partial charge in [0, 0.05) is 25.0 Å². The summed E-state index contributed by atoms with van der Waals surface area (Å²) >= 11 is 0. The molecule has 0 unspecified atom stereocenters. The average Bonchev–Trinajstić information content (AvgIpc) is 3.10. The molecule has 1 atom stereocenters. The Morgan fingerprint density at radius 3 is 2.69 bits per heavy atom. The van der Waals surface area contributed by atoms with E-state index in [1.165, 1.54) is 0 Å². The summed E-state index contributed by atoms with van der Waals surface area (Å²) in [7, 11) is 0. The maximum atomic E-state index is 11.9. The molecule has 1 aromatic rings. The number of pyridine rings is 1. The smallest absolute Gasteiger partial charge is 0.239 e. The first-order valence-electron chi connectivity index (χ1n) is 5.63. The van der Waals surface area contributed by atoms with Crippen LogP contribution in [0.25, 0.3) is 0 Å². The first kappa shape index (κ1) is 11.1. The lowest BCUT2D eigenvalue weighted by molar-refractivity contribution is -0.133. The van der Waals surface area contributed by atoms with Gasteiger partial charge in [-0.2, -0.15) is 0 Å². The minimum Gasteiger partial charge on any atom is -0.334 e. The molecule has 1 aliphatic rings. The monoisotopic (exact) mass is 219 g/mol. The van der Waals surface area contributed by atoms with Crippen LogP contribution >= 0.6 is 0 Å². The van der Waals surface area contributed by atoms with Crippen LogP contribution in [0.15, 0.2) is 24.5 Å². The molecule has 0 spiro atoms. The summed E-state index contributed by atoms with van der Waals surface area (Å²) in [6, 6.07) is 3.85. The van der Waals surface area contributed by atoms with Gasteiger partial charge < -0.3 is 10.6 Å². The first-order chi connectivity index (χ1) is 7.68. The molecule has 1 aromatic heterocycles. The van der Waals surface area contributed by atoms with Gasteiger partial charge in [0.05, 0.1) is 6.04 Å². The highest BCUT2D eigenvalue weighted by Crippen LogP contribution is 2.28. The summed E-state index contributed by atoms with van der Waals surface area (Å²) in [5.41, 5.74) is 6.76. The predicted octanol–water partition coefficient (Wildman–Crippen LogP) is 0.920. The molecule has 0 aromatic carbocycles. The fraction of sp³-hybridized carbons (Fsp3) is 0.500. The highest BCUT2D eigenvalue weighted by Gasteiger charge is 2.33. The molecule has 16 heavy (non-hydrogen) atoms. The topological polar surface area (TPSA) is 59.2 Å². The number of rotatable bonds is 4. The Kier molecular flexibility index (Phi) is 3.19. The van der Waals surface area contributed by atoms with Crippen molar-refractivity contribution in [1.29, 1.82) is 0 Å². The second kappa shape index (κ2) is 4.61. The minimum atomic E-state index is -0.414. The van der Waals surface area contributed by atoms with Crippen molar-refractivity contribution in [1.82, 2.24) is 9.88 Å². The van der Waals surface area contributed by atoms with Gasteiger partial charge in [-0.3, -0.25) is 9.78 Å². The number of nitrogens with zero attached hydrogens (tertiary/aromatic N) is 2. The SMILES string of the molecule is C[C@@H](N)C(=O)N(Cc1ccncc1)C1CC1. The van der Waals surface area contributed by atoms with E-state index in [-0.39, 0.29) is 5.91 Å². The lowest BCUT2D eigenvalue weighted by Crippen LogP contribution is -2.42. The van der Waals surface area contributed by atoms with Crippen molar-refractivity contribution < 1.29 is 4.79 Å². The third-order valence-electron chi connectivity index (χ3n) is 2.76. The van der Waals surface area contributed by atoms with Crippen LogP contribution < -0.4 is 5.73 Å².